The third-order valence-corrected chi connectivity index (χ3v) is 2.49. The Labute approximate surface area is 95.5 Å². The minimum atomic E-state index is 0.325. The SMILES string of the molecule is S=c1[nH]c(-c2ccc(Cl)cc2Cl)co1. The summed E-state index contributed by atoms with van der Waals surface area (Å²) in [6, 6.07) is 5.23. The molecule has 0 amide bonds. The monoisotopic (exact) mass is 245 g/mol. The van der Waals surface area contributed by atoms with Crippen molar-refractivity contribution in [1.29, 1.82) is 0 Å². The van der Waals surface area contributed by atoms with Crippen molar-refractivity contribution in [3.8, 4) is 11.3 Å². The molecule has 72 valence electrons. The quantitative estimate of drug-likeness (QED) is 0.759. The summed E-state index contributed by atoms with van der Waals surface area (Å²) in [7, 11) is 0. The first-order chi connectivity index (χ1) is 6.66. The molecule has 0 aliphatic rings. The fourth-order valence-corrected chi connectivity index (χ4v) is 1.79. The molecule has 0 bridgehead atoms. The van der Waals surface area contributed by atoms with Gasteiger partial charge in [0, 0.05) is 10.6 Å². The lowest BCUT2D eigenvalue weighted by atomic mass is 10.2. The fourth-order valence-electron chi connectivity index (χ4n) is 1.12. The summed E-state index contributed by atoms with van der Waals surface area (Å²) < 4.78 is 4.97. The van der Waals surface area contributed by atoms with Crippen molar-refractivity contribution in [2.75, 3.05) is 0 Å². The molecule has 0 saturated carbocycles. The van der Waals surface area contributed by atoms with Crippen LogP contribution >= 0.6 is 35.4 Å². The maximum atomic E-state index is 5.99. The van der Waals surface area contributed by atoms with Crippen molar-refractivity contribution in [2.24, 2.45) is 0 Å². The molecule has 5 heteroatoms. The third kappa shape index (κ3) is 1.85. The van der Waals surface area contributed by atoms with Crippen LogP contribution in [0.1, 0.15) is 0 Å². The molecule has 1 N–H and O–H groups in total. The lowest BCUT2D eigenvalue weighted by molar-refractivity contribution is 0.541. The van der Waals surface area contributed by atoms with E-state index in [9.17, 15) is 0 Å². The lowest BCUT2D eigenvalue weighted by Gasteiger charge is -2.00. The molecule has 0 unspecified atom stereocenters. The summed E-state index contributed by atoms with van der Waals surface area (Å²) in [6.45, 7) is 0. The Kier molecular flexibility index (Phi) is 2.63. The number of nitrogens with one attached hydrogen (secondary N) is 1. The van der Waals surface area contributed by atoms with Gasteiger partial charge in [-0.3, -0.25) is 0 Å². The van der Waals surface area contributed by atoms with Gasteiger partial charge >= 0.3 is 0 Å². The van der Waals surface area contributed by atoms with Crippen molar-refractivity contribution in [1.82, 2.24) is 4.98 Å². The predicted molar refractivity (Wildman–Crippen MR) is 59.3 cm³/mol. The van der Waals surface area contributed by atoms with Crippen LogP contribution in [0.5, 0.6) is 0 Å². The molecule has 0 aliphatic heterocycles. The number of H-pyrrole nitrogens is 1. The Bertz CT molecular complexity index is 518. The molecule has 14 heavy (non-hydrogen) atoms. The normalized spacial score (nSPS) is 10.4. The van der Waals surface area contributed by atoms with Crippen LogP contribution < -0.4 is 0 Å². The van der Waals surface area contributed by atoms with E-state index in [1.165, 1.54) is 6.26 Å². The van der Waals surface area contributed by atoms with Gasteiger partial charge in [-0.05, 0) is 30.4 Å². The van der Waals surface area contributed by atoms with Gasteiger partial charge in [-0.1, -0.05) is 23.2 Å². The highest BCUT2D eigenvalue weighted by Crippen LogP contribution is 2.29. The molecule has 0 radical (unpaired) electrons. The van der Waals surface area contributed by atoms with E-state index in [0.29, 0.717) is 14.9 Å². The molecule has 0 saturated heterocycles. The number of hydrogen-bond acceptors (Lipinski definition) is 2. The van der Waals surface area contributed by atoms with Gasteiger partial charge in [0.05, 0.1) is 10.7 Å². The second kappa shape index (κ2) is 3.77. The molecule has 0 spiro atoms. The first-order valence-electron chi connectivity index (χ1n) is 3.80. The molecule has 0 fully saturated rings. The molecular weight excluding hydrogens is 241 g/mol. The lowest BCUT2D eigenvalue weighted by Crippen LogP contribution is -1.78. The van der Waals surface area contributed by atoms with Crippen molar-refractivity contribution in [2.45, 2.75) is 0 Å². The molecule has 1 aromatic carbocycles. The van der Waals surface area contributed by atoms with E-state index in [-0.39, 0.29) is 0 Å². The number of oxazole rings is 1. The van der Waals surface area contributed by atoms with Gasteiger partial charge in [0.25, 0.3) is 4.84 Å². The van der Waals surface area contributed by atoms with Gasteiger partial charge in [-0.15, -0.1) is 0 Å². The first-order valence-corrected chi connectivity index (χ1v) is 4.96. The van der Waals surface area contributed by atoms with Gasteiger partial charge < -0.3 is 9.40 Å². The van der Waals surface area contributed by atoms with E-state index < -0.39 is 0 Å². The van der Waals surface area contributed by atoms with E-state index in [1.54, 1.807) is 18.2 Å². The Hall–Kier alpha value is -0.770. The molecule has 1 aromatic heterocycles. The van der Waals surface area contributed by atoms with Gasteiger partial charge in [-0.25, -0.2) is 0 Å². The summed E-state index contributed by atoms with van der Waals surface area (Å²) in [5.41, 5.74) is 1.56. The van der Waals surface area contributed by atoms with Crippen LogP contribution in [-0.2, 0) is 0 Å². The summed E-state index contributed by atoms with van der Waals surface area (Å²) in [5, 5.41) is 1.16. The summed E-state index contributed by atoms with van der Waals surface area (Å²) >= 11 is 16.6. The van der Waals surface area contributed by atoms with E-state index in [2.05, 4.69) is 4.98 Å². The Morgan fingerprint density at radius 2 is 2.07 bits per heavy atom. The van der Waals surface area contributed by atoms with E-state index in [1.807, 2.05) is 0 Å². The third-order valence-electron chi connectivity index (χ3n) is 1.74. The maximum absolute atomic E-state index is 5.99. The minimum Gasteiger partial charge on any atom is -0.437 e. The highest BCUT2D eigenvalue weighted by atomic mass is 35.5. The van der Waals surface area contributed by atoms with Crippen molar-refractivity contribution in [3.05, 3.63) is 39.3 Å². The van der Waals surface area contributed by atoms with E-state index >= 15 is 0 Å². The molecule has 0 aliphatic carbocycles. The van der Waals surface area contributed by atoms with Crippen molar-refractivity contribution >= 4 is 35.4 Å². The van der Waals surface area contributed by atoms with Crippen LogP contribution in [0.3, 0.4) is 0 Å². The smallest absolute Gasteiger partial charge is 0.266 e. The number of rotatable bonds is 1. The number of halogens is 2. The molecular formula is C9H5Cl2NOS. The Morgan fingerprint density at radius 1 is 1.29 bits per heavy atom. The minimum absolute atomic E-state index is 0.325. The standard InChI is InChI=1S/C9H5Cl2NOS/c10-5-1-2-6(7(11)3-5)8-4-13-9(14)12-8/h1-4H,(H,12,14). The van der Waals surface area contributed by atoms with Crippen LogP contribution in [0, 0.1) is 4.84 Å². The van der Waals surface area contributed by atoms with E-state index in [0.717, 1.165) is 11.3 Å². The van der Waals surface area contributed by atoms with Gasteiger partial charge in [0.15, 0.2) is 0 Å². The highest BCUT2D eigenvalue weighted by molar-refractivity contribution is 7.71. The zero-order valence-corrected chi connectivity index (χ0v) is 9.21. The van der Waals surface area contributed by atoms with Gasteiger partial charge in [0.2, 0.25) is 0 Å². The second-order valence-corrected chi connectivity index (χ2v) is 3.90. The second-order valence-electron chi connectivity index (χ2n) is 2.69. The zero-order valence-electron chi connectivity index (χ0n) is 6.88. The van der Waals surface area contributed by atoms with Crippen LogP contribution in [0.25, 0.3) is 11.3 Å². The number of hydrogen-bond donors (Lipinski definition) is 1. The fraction of sp³-hybridized carbons (Fsp3) is 0. The number of aromatic amines is 1. The molecule has 2 nitrogen and oxygen atoms in total. The number of aromatic nitrogens is 1. The topological polar surface area (TPSA) is 28.9 Å². The van der Waals surface area contributed by atoms with Gasteiger partial charge in [-0.2, -0.15) is 0 Å². The van der Waals surface area contributed by atoms with Crippen LogP contribution in [0.15, 0.2) is 28.9 Å². The summed E-state index contributed by atoms with van der Waals surface area (Å²) in [5.74, 6) is 0. The average Bonchev–Trinajstić information content (AvgIpc) is 2.51. The van der Waals surface area contributed by atoms with E-state index in [4.69, 9.17) is 39.8 Å². The van der Waals surface area contributed by atoms with Crippen molar-refractivity contribution in [3.63, 3.8) is 0 Å². The van der Waals surface area contributed by atoms with Crippen LogP contribution in [0.2, 0.25) is 10.0 Å². The zero-order chi connectivity index (χ0) is 10.1. The van der Waals surface area contributed by atoms with Crippen molar-refractivity contribution < 1.29 is 4.42 Å². The summed E-state index contributed by atoms with van der Waals surface area (Å²) in [6.07, 6.45) is 1.53. The largest absolute Gasteiger partial charge is 0.437 e. The van der Waals surface area contributed by atoms with Crippen LogP contribution in [0.4, 0.5) is 0 Å². The summed E-state index contributed by atoms with van der Waals surface area (Å²) in [4.78, 5) is 3.20. The Balaban J connectivity index is 2.57. The average molecular weight is 246 g/mol. The molecule has 2 aromatic rings. The van der Waals surface area contributed by atoms with Crippen LogP contribution in [-0.4, -0.2) is 4.98 Å². The predicted octanol–water partition coefficient (Wildman–Crippen LogP) is 4.31. The molecule has 1 heterocycles. The first kappa shape index (κ1) is 9.77. The Morgan fingerprint density at radius 3 is 2.64 bits per heavy atom. The molecule has 2 rings (SSSR count). The highest BCUT2D eigenvalue weighted by Gasteiger charge is 2.05. The van der Waals surface area contributed by atoms with Gasteiger partial charge in [0.1, 0.15) is 6.26 Å². The number of benzene rings is 1. The molecule has 0 atom stereocenters. The maximum Gasteiger partial charge on any atom is 0.266 e.